The highest BCUT2D eigenvalue weighted by molar-refractivity contribution is 7.80. The molecule has 1 saturated heterocycles. The topological polar surface area (TPSA) is 50.5 Å². The number of thiocarbonyl (C=S) groups is 1. The molecule has 4 nitrogen and oxygen atoms in total. The molecule has 3 N–H and O–H groups in total. The molecule has 0 radical (unpaired) electrons. The van der Waals surface area contributed by atoms with Gasteiger partial charge < -0.3 is 15.8 Å². The van der Waals surface area contributed by atoms with Gasteiger partial charge in [-0.1, -0.05) is 12.2 Å². The maximum atomic E-state index is 13.8. The van der Waals surface area contributed by atoms with Crippen LogP contribution in [0.15, 0.2) is 12.1 Å². The van der Waals surface area contributed by atoms with Gasteiger partial charge in [0.15, 0.2) is 11.6 Å². The number of halogens is 2. The van der Waals surface area contributed by atoms with E-state index in [2.05, 4.69) is 22.4 Å². The van der Waals surface area contributed by atoms with Crippen LogP contribution in [0.4, 0.5) is 14.5 Å². The van der Waals surface area contributed by atoms with Gasteiger partial charge in [-0.15, -0.1) is 0 Å². The Labute approximate surface area is 128 Å². The second kappa shape index (κ2) is 7.63. The van der Waals surface area contributed by atoms with E-state index >= 15 is 0 Å². The summed E-state index contributed by atoms with van der Waals surface area (Å²) in [5, 5.41) is 2.90. The highest BCUT2D eigenvalue weighted by Gasteiger charge is 2.15. The minimum absolute atomic E-state index is 0.0682. The van der Waals surface area contributed by atoms with Crippen molar-refractivity contribution >= 4 is 22.9 Å². The van der Waals surface area contributed by atoms with Crippen LogP contribution in [-0.2, 0) is 4.74 Å². The largest absolute Gasteiger partial charge is 0.389 e. The molecule has 0 amide bonds. The lowest BCUT2D eigenvalue weighted by Gasteiger charge is -2.26. The smallest absolute Gasteiger partial charge is 0.182 e. The molecule has 21 heavy (non-hydrogen) atoms. The summed E-state index contributed by atoms with van der Waals surface area (Å²) in [6, 6.07) is 2.85. The third-order valence-electron chi connectivity index (χ3n) is 3.42. The van der Waals surface area contributed by atoms with Gasteiger partial charge in [0.1, 0.15) is 4.99 Å². The molecule has 116 valence electrons. The van der Waals surface area contributed by atoms with Crippen molar-refractivity contribution in [2.24, 2.45) is 5.73 Å². The fraction of sp³-hybridized carbons (Fsp3) is 0.500. The molecule has 1 fully saturated rings. The molecule has 0 aliphatic carbocycles. The van der Waals surface area contributed by atoms with Crippen molar-refractivity contribution < 1.29 is 13.5 Å². The van der Waals surface area contributed by atoms with Gasteiger partial charge in [-0.2, -0.15) is 0 Å². The first-order chi connectivity index (χ1) is 10.1. The van der Waals surface area contributed by atoms with Crippen molar-refractivity contribution in [1.29, 1.82) is 0 Å². The molecule has 0 bridgehead atoms. The molecule has 1 heterocycles. The Bertz CT molecular complexity index is 507. The zero-order chi connectivity index (χ0) is 15.2. The van der Waals surface area contributed by atoms with E-state index in [1.807, 2.05) is 0 Å². The van der Waals surface area contributed by atoms with Gasteiger partial charge in [0.25, 0.3) is 0 Å². The van der Waals surface area contributed by atoms with Crippen LogP contribution in [-0.4, -0.2) is 49.3 Å². The number of ether oxygens (including phenoxy) is 1. The first kappa shape index (κ1) is 16.1. The minimum atomic E-state index is -0.999. The minimum Gasteiger partial charge on any atom is -0.389 e. The van der Waals surface area contributed by atoms with E-state index < -0.39 is 11.6 Å². The Hall–Kier alpha value is -1.31. The van der Waals surface area contributed by atoms with Crippen LogP contribution >= 0.6 is 12.2 Å². The van der Waals surface area contributed by atoms with Gasteiger partial charge in [-0.3, -0.25) is 4.90 Å². The van der Waals surface area contributed by atoms with E-state index in [4.69, 9.17) is 10.5 Å². The third-order valence-corrected chi connectivity index (χ3v) is 3.64. The summed E-state index contributed by atoms with van der Waals surface area (Å²) in [5.74, 6) is -1.94. The number of anilines is 1. The number of nitrogens with one attached hydrogen (secondary N) is 1. The van der Waals surface area contributed by atoms with Crippen molar-refractivity contribution in [3.05, 3.63) is 29.3 Å². The van der Waals surface area contributed by atoms with Crippen molar-refractivity contribution in [2.45, 2.75) is 6.42 Å². The van der Waals surface area contributed by atoms with Crippen LogP contribution in [0.25, 0.3) is 0 Å². The standard InChI is InChI=1S/C14H19F2N3OS/c15-12-10(14(17)21)2-3-11(13(12)16)18-4-1-5-19-6-8-20-9-7-19/h2-3,18H,1,4-9H2,(H2,17,21). The number of hydrogen-bond donors (Lipinski definition) is 2. The summed E-state index contributed by atoms with van der Waals surface area (Å²) in [4.78, 5) is 2.14. The van der Waals surface area contributed by atoms with E-state index in [9.17, 15) is 8.78 Å². The lowest BCUT2D eigenvalue weighted by Crippen LogP contribution is -2.37. The molecule has 7 heteroatoms. The second-order valence-corrected chi connectivity index (χ2v) is 5.33. The molecule has 1 aromatic carbocycles. The van der Waals surface area contributed by atoms with Crippen molar-refractivity contribution in [3.8, 4) is 0 Å². The van der Waals surface area contributed by atoms with Gasteiger partial charge in [0.05, 0.1) is 18.9 Å². The van der Waals surface area contributed by atoms with Crippen LogP contribution in [0.1, 0.15) is 12.0 Å². The molecule has 1 aliphatic rings. The van der Waals surface area contributed by atoms with E-state index in [1.165, 1.54) is 12.1 Å². The summed E-state index contributed by atoms with van der Waals surface area (Å²) < 4.78 is 32.8. The Kier molecular flexibility index (Phi) is 5.84. The van der Waals surface area contributed by atoms with Crippen molar-refractivity contribution in [1.82, 2.24) is 4.90 Å². The van der Waals surface area contributed by atoms with E-state index in [0.717, 1.165) is 39.3 Å². The number of rotatable bonds is 6. The Morgan fingerprint density at radius 2 is 2.00 bits per heavy atom. The molecule has 0 spiro atoms. The monoisotopic (exact) mass is 315 g/mol. The Morgan fingerprint density at radius 3 is 2.67 bits per heavy atom. The molecule has 2 rings (SSSR count). The lowest BCUT2D eigenvalue weighted by molar-refractivity contribution is 0.0378. The second-order valence-electron chi connectivity index (χ2n) is 4.89. The zero-order valence-electron chi connectivity index (χ0n) is 11.7. The summed E-state index contributed by atoms with van der Waals surface area (Å²) in [6.07, 6.45) is 0.845. The third kappa shape index (κ3) is 4.33. The van der Waals surface area contributed by atoms with Crippen LogP contribution in [0.5, 0.6) is 0 Å². The molecular formula is C14H19F2N3OS. The predicted molar refractivity (Wildman–Crippen MR) is 82.6 cm³/mol. The van der Waals surface area contributed by atoms with Crippen LogP contribution in [0.2, 0.25) is 0 Å². The number of nitrogens with two attached hydrogens (primary N) is 1. The summed E-state index contributed by atoms with van der Waals surface area (Å²) in [6.45, 7) is 4.84. The first-order valence-corrected chi connectivity index (χ1v) is 7.32. The highest BCUT2D eigenvalue weighted by Crippen LogP contribution is 2.20. The average Bonchev–Trinajstić information content (AvgIpc) is 2.48. The van der Waals surface area contributed by atoms with Gasteiger partial charge >= 0.3 is 0 Å². The van der Waals surface area contributed by atoms with Gasteiger partial charge in [-0.25, -0.2) is 8.78 Å². The van der Waals surface area contributed by atoms with E-state index in [0.29, 0.717) is 6.54 Å². The SMILES string of the molecule is NC(=S)c1ccc(NCCCN2CCOCC2)c(F)c1F. The van der Waals surface area contributed by atoms with Crippen molar-refractivity contribution in [3.63, 3.8) is 0 Å². The number of benzene rings is 1. The van der Waals surface area contributed by atoms with Crippen LogP contribution < -0.4 is 11.1 Å². The van der Waals surface area contributed by atoms with Gasteiger partial charge in [0.2, 0.25) is 0 Å². The normalized spacial score (nSPS) is 15.9. The van der Waals surface area contributed by atoms with E-state index in [-0.39, 0.29) is 16.2 Å². The fourth-order valence-corrected chi connectivity index (χ4v) is 2.38. The number of morpholine rings is 1. The summed E-state index contributed by atoms with van der Waals surface area (Å²) in [5.41, 5.74) is 5.39. The van der Waals surface area contributed by atoms with Crippen LogP contribution in [0.3, 0.4) is 0 Å². The molecular weight excluding hydrogens is 296 g/mol. The Morgan fingerprint density at radius 1 is 1.29 bits per heavy atom. The van der Waals surface area contributed by atoms with Gasteiger partial charge in [-0.05, 0) is 25.1 Å². The van der Waals surface area contributed by atoms with Crippen LogP contribution in [0, 0.1) is 11.6 Å². The predicted octanol–water partition coefficient (Wildman–Crippen LogP) is 1.73. The number of hydrogen-bond acceptors (Lipinski definition) is 4. The number of nitrogens with zero attached hydrogens (tertiary/aromatic N) is 1. The summed E-state index contributed by atoms with van der Waals surface area (Å²) >= 11 is 4.67. The Balaban J connectivity index is 1.83. The van der Waals surface area contributed by atoms with Crippen molar-refractivity contribution in [2.75, 3.05) is 44.7 Å². The van der Waals surface area contributed by atoms with Gasteiger partial charge in [0, 0.05) is 25.2 Å². The average molecular weight is 315 g/mol. The van der Waals surface area contributed by atoms with E-state index in [1.54, 1.807) is 0 Å². The zero-order valence-corrected chi connectivity index (χ0v) is 12.5. The quantitative estimate of drug-likeness (QED) is 0.618. The molecule has 0 aromatic heterocycles. The summed E-state index contributed by atoms with van der Waals surface area (Å²) in [7, 11) is 0. The highest BCUT2D eigenvalue weighted by atomic mass is 32.1. The molecule has 0 atom stereocenters. The maximum Gasteiger partial charge on any atom is 0.182 e. The molecule has 0 saturated carbocycles. The fourth-order valence-electron chi connectivity index (χ4n) is 2.23. The maximum absolute atomic E-state index is 13.8. The first-order valence-electron chi connectivity index (χ1n) is 6.91. The molecule has 0 unspecified atom stereocenters. The molecule has 1 aliphatic heterocycles. The molecule has 1 aromatic rings. The lowest BCUT2D eigenvalue weighted by atomic mass is 10.1.